The van der Waals surface area contributed by atoms with Crippen LogP contribution in [0.1, 0.15) is 48.8 Å². The number of nitrogens with zero attached hydrogens (tertiary/aromatic N) is 1. The molecule has 26 heavy (non-hydrogen) atoms. The molecule has 0 saturated carbocycles. The maximum Gasteiger partial charge on any atom is 0.338 e. The zero-order chi connectivity index (χ0) is 19.3. The molecule has 7 heteroatoms. The zero-order valence-electron chi connectivity index (χ0n) is 15.7. The normalized spacial score (nSPS) is 12.3. The number of benzene rings is 1. The van der Waals surface area contributed by atoms with Crippen molar-refractivity contribution >= 4 is 23.2 Å². The Morgan fingerprint density at radius 3 is 2.42 bits per heavy atom. The van der Waals surface area contributed by atoms with Crippen LogP contribution in [0.5, 0.6) is 5.75 Å². The van der Waals surface area contributed by atoms with Crippen LogP contribution in [0.15, 0.2) is 29.6 Å². The van der Waals surface area contributed by atoms with Gasteiger partial charge in [-0.25, -0.2) is 9.78 Å². The fourth-order valence-electron chi connectivity index (χ4n) is 2.07. The molecule has 1 aromatic heterocycles. The Morgan fingerprint density at radius 1 is 1.23 bits per heavy atom. The predicted molar refractivity (Wildman–Crippen MR) is 100 cm³/mol. The third-order valence-corrected chi connectivity index (χ3v) is 4.12. The number of carbonyl (C=O) groups is 2. The highest BCUT2D eigenvalue weighted by molar-refractivity contribution is 7.09. The van der Waals surface area contributed by atoms with Crippen LogP contribution in [0.2, 0.25) is 0 Å². The summed E-state index contributed by atoms with van der Waals surface area (Å²) in [4.78, 5) is 28.5. The standard InChI is InChI=1S/C19H24N2O4S/c1-12(17(22)21-19(3,4)5)25-18(23)14-6-8-16(9-7-14)24-10-15-11-26-13(2)20-15/h6-9,11-12H,10H2,1-5H3,(H,21,22)/t12-/m1/s1. The van der Waals surface area contributed by atoms with Crippen LogP contribution in [-0.2, 0) is 16.1 Å². The highest BCUT2D eigenvalue weighted by Gasteiger charge is 2.22. The van der Waals surface area contributed by atoms with Gasteiger partial charge >= 0.3 is 5.97 Å². The van der Waals surface area contributed by atoms with E-state index in [9.17, 15) is 9.59 Å². The molecule has 0 unspecified atom stereocenters. The molecule has 0 fully saturated rings. The molecule has 1 heterocycles. The molecule has 0 saturated heterocycles. The Kier molecular flexibility index (Phi) is 6.37. The lowest BCUT2D eigenvalue weighted by Crippen LogP contribution is -2.46. The third-order valence-electron chi connectivity index (χ3n) is 3.29. The number of aryl methyl sites for hydroxylation is 1. The third kappa shape index (κ3) is 6.15. The summed E-state index contributed by atoms with van der Waals surface area (Å²) in [6.45, 7) is 9.46. The lowest BCUT2D eigenvalue weighted by molar-refractivity contribution is -0.130. The number of nitrogens with one attached hydrogen (secondary N) is 1. The smallest absolute Gasteiger partial charge is 0.338 e. The Balaban J connectivity index is 1.88. The second-order valence-electron chi connectivity index (χ2n) is 6.96. The van der Waals surface area contributed by atoms with E-state index in [-0.39, 0.29) is 11.4 Å². The van der Waals surface area contributed by atoms with Gasteiger partial charge in [-0.15, -0.1) is 11.3 Å². The van der Waals surface area contributed by atoms with E-state index in [0.717, 1.165) is 10.7 Å². The van der Waals surface area contributed by atoms with Crippen molar-refractivity contribution in [1.82, 2.24) is 10.3 Å². The van der Waals surface area contributed by atoms with Crippen molar-refractivity contribution in [1.29, 1.82) is 0 Å². The topological polar surface area (TPSA) is 77.5 Å². The molecule has 2 aromatic rings. The molecular weight excluding hydrogens is 352 g/mol. The number of amides is 1. The Labute approximate surface area is 157 Å². The van der Waals surface area contributed by atoms with Crippen molar-refractivity contribution < 1.29 is 19.1 Å². The molecule has 0 aliphatic carbocycles. The second-order valence-corrected chi connectivity index (χ2v) is 8.02. The minimum atomic E-state index is -0.870. The van der Waals surface area contributed by atoms with Crippen LogP contribution in [0.25, 0.3) is 0 Å². The first-order valence-electron chi connectivity index (χ1n) is 8.31. The van der Waals surface area contributed by atoms with Gasteiger partial charge in [-0.3, -0.25) is 4.79 Å². The molecule has 1 amide bonds. The summed E-state index contributed by atoms with van der Waals surface area (Å²) in [7, 11) is 0. The van der Waals surface area contributed by atoms with Gasteiger partial charge in [0.05, 0.1) is 16.3 Å². The van der Waals surface area contributed by atoms with Gasteiger partial charge in [-0.2, -0.15) is 0 Å². The number of carbonyl (C=O) groups excluding carboxylic acids is 2. The van der Waals surface area contributed by atoms with Crippen molar-refractivity contribution in [2.75, 3.05) is 0 Å². The molecule has 1 N–H and O–H groups in total. The SMILES string of the molecule is Cc1nc(COc2ccc(C(=O)O[C@H](C)C(=O)NC(C)(C)C)cc2)cs1. The van der Waals surface area contributed by atoms with E-state index in [4.69, 9.17) is 9.47 Å². The number of ether oxygens (including phenoxy) is 2. The van der Waals surface area contributed by atoms with Gasteiger partial charge < -0.3 is 14.8 Å². The van der Waals surface area contributed by atoms with Crippen LogP contribution in [0.4, 0.5) is 0 Å². The minimum absolute atomic E-state index is 0.329. The molecule has 0 bridgehead atoms. The number of aromatic nitrogens is 1. The van der Waals surface area contributed by atoms with Gasteiger partial charge in [0.2, 0.25) is 0 Å². The molecule has 6 nitrogen and oxygen atoms in total. The van der Waals surface area contributed by atoms with E-state index in [2.05, 4.69) is 10.3 Å². The monoisotopic (exact) mass is 376 g/mol. The summed E-state index contributed by atoms with van der Waals surface area (Å²) in [5.74, 6) is -0.252. The van der Waals surface area contributed by atoms with E-state index in [0.29, 0.717) is 17.9 Å². The predicted octanol–water partition coefficient (Wildman–Crippen LogP) is 3.49. The van der Waals surface area contributed by atoms with Crippen molar-refractivity contribution in [3.63, 3.8) is 0 Å². The summed E-state index contributed by atoms with van der Waals surface area (Å²) in [5, 5.41) is 5.72. The highest BCUT2D eigenvalue weighted by Crippen LogP contribution is 2.16. The summed E-state index contributed by atoms with van der Waals surface area (Å²) in [6.07, 6.45) is -0.870. The molecule has 0 aliphatic rings. The molecule has 1 atom stereocenters. The molecule has 140 valence electrons. The van der Waals surface area contributed by atoms with E-state index >= 15 is 0 Å². The van der Waals surface area contributed by atoms with Gasteiger partial charge in [-0.1, -0.05) is 0 Å². The number of esters is 1. The zero-order valence-corrected chi connectivity index (χ0v) is 16.5. The van der Waals surface area contributed by atoms with Crippen LogP contribution < -0.4 is 10.1 Å². The Hall–Kier alpha value is -2.41. The first-order valence-corrected chi connectivity index (χ1v) is 9.19. The van der Waals surface area contributed by atoms with E-state index in [1.165, 1.54) is 0 Å². The molecular formula is C19H24N2O4S. The Morgan fingerprint density at radius 2 is 1.88 bits per heavy atom. The van der Waals surface area contributed by atoms with Crippen molar-refractivity contribution in [2.24, 2.45) is 0 Å². The number of hydrogen-bond acceptors (Lipinski definition) is 6. The van der Waals surface area contributed by atoms with E-state index < -0.39 is 12.1 Å². The quantitative estimate of drug-likeness (QED) is 0.781. The molecule has 0 spiro atoms. The fourth-order valence-corrected chi connectivity index (χ4v) is 2.67. The number of rotatable bonds is 6. The van der Waals surface area contributed by atoms with E-state index in [1.54, 1.807) is 42.5 Å². The van der Waals surface area contributed by atoms with Gasteiger partial charge in [0.15, 0.2) is 6.10 Å². The van der Waals surface area contributed by atoms with Gasteiger partial charge in [0.25, 0.3) is 5.91 Å². The maximum absolute atomic E-state index is 12.2. The van der Waals surface area contributed by atoms with Crippen LogP contribution in [0, 0.1) is 6.92 Å². The molecule has 0 radical (unpaired) electrons. The summed E-state index contributed by atoms with van der Waals surface area (Å²) in [6, 6.07) is 6.60. The summed E-state index contributed by atoms with van der Waals surface area (Å²) >= 11 is 1.57. The van der Waals surface area contributed by atoms with Gasteiger partial charge in [-0.05, 0) is 58.9 Å². The maximum atomic E-state index is 12.2. The fraction of sp³-hybridized carbons (Fsp3) is 0.421. The first kappa shape index (κ1) is 19.9. The van der Waals surface area contributed by atoms with Gasteiger partial charge in [0, 0.05) is 10.9 Å². The molecule has 2 rings (SSSR count). The van der Waals surface area contributed by atoms with Gasteiger partial charge in [0.1, 0.15) is 12.4 Å². The largest absolute Gasteiger partial charge is 0.487 e. The van der Waals surface area contributed by atoms with Crippen molar-refractivity contribution in [2.45, 2.75) is 52.9 Å². The van der Waals surface area contributed by atoms with E-state index in [1.807, 2.05) is 33.1 Å². The average molecular weight is 376 g/mol. The Bertz CT molecular complexity index is 763. The highest BCUT2D eigenvalue weighted by atomic mass is 32.1. The van der Waals surface area contributed by atoms with Crippen molar-refractivity contribution in [3.05, 3.63) is 45.9 Å². The molecule has 1 aromatic carbocycles. The summed E-state index contributed by atoms with van der Waals surface area (Å²) in [5.41, 5.74) is 0.846. The molecule has 0 aliphatic heterocycles. The minimum Gasteiger partial charge on any atom is -0.487 e. The summed E-state index contributed by atoms with van der Waals surface area (Å²) < 4.78 is 10.9. The lowest BCUT2D eigenvalue weighted by Gasteiger charge is -2.23. The van der Waals surface area contributed by atoms with Crippen LogP contribution >= 0.6 is 11.3 Å². The first-order chi connectivity index (χ1) is 12.1. The van der Waals surface area contributed by atoms with Crippen LogP contribution in [-0.4, -0.2) is 28.5 Å². The van der Waals surface area contributed by atoms with Crippen molar-refractivity contribution in [3.8, 4) is 5.75 Å². The second kappa shape index (κ2) is 8.31. The van der Waals surface area contributed by atoms with Crippen LogP contribution in [0.3, 0.4) is 0 Å². The lowest BCUT2D eigenvalue weighted by atomic mass is 10.1. The number of thiazole rings is 1. The average Bonchev–Trinajstić information content (AvgIpc) is 2.97. The number of hydrogen-bond donors (Lipinski definition) is 1.